The summed E-state index contributed by atoms with van der Waals surface area (Å²) in [5.74, 6) is -1.33. The molecule has 0 spiro atoms. The molecule has 0 aliphatic carbocycles. The zero-order chi connectivity index (χ0) is 19.1. The number of hydrogen-bond acceptors (Lipinski definition) is 4. The number of ether oxygens (including phenoxy) is 1. The van der Waals surface area contributed by atoms with Crippen molar-refractivity contribution in [1.29, 1.82) is 0 Å². The molecule has 2 aromatic rings. The monoisotopic (exact) mass is 354 g/mol. The summed E-state index contributed by atoms with van der Waals surface area (Å²) in [6.07, 6.45) is -1.23. The van der Waals surface area contributed by atoms with Crippen LogP contribution in [0.15, 0.2) is 48.5 Å². The molecular weight excluding hydrogens is 332 g/mol. The molecule has 2 aromatic carbocycles. The molecule has 0 bridgehead atoms. The van der Waals surface area contributed by atoms with Crippen LogP contribution in [0.4, 0.5) is 4.79 Å². The first-order valence-corrected chi connectivity index (χ1v) is 8.34. The van der Waals surface area contributed by atoms with Crippen LogP contribution in [0, 0.1) is 13.8 Å². The van der Waals surface area contributed by atoms with Gasteiger partial charge in [-0.15, -0.1) is 0 Å². The molecule has 0 aliphatic heterocycles. The second-order valence-electron chi connectivity index (χ2n) is 5.86. The Morgan fingerprint density at radius 1 is 1.04 bits per heavy atom. The van der Waals surface area contributed by atoms with Gasteiger partial charge in [0.25, 0.3) is 5.91 Å². The Balaban J connectivity index is 2.25. The quantitative estimate of drug-likeness (QED) is 0.808. The molecule has 136 valence electrons. The minimum Gasteiger partial charge on any atom is -0.444 e. The van der Waals surface area contributed by atoms with E-state index in [1.165, 1.54) is 0 Å². The molecule has 2 rings (SSSR count). The molecule has 26 heavy (non-hydrogen) atoms. The van der Waals surface area contributed by atoms with E-state index in [1.807, 2.05) is 13.0 Å². The molecular formula is C20H22N2O4. The van der Waals surface area contributed by atoms with Crippen LogP contribution in [0.5, 0.6) is 0 Å². The SMILES string of the molecule is CCNC(=O)NC(=O)[C@H](OC(=O)c1ccc(C)cc1C)c1ccccc1. The minimum absolute atomic E-state index is 0.372. The summed E-state index contributed by atoms with van der Waals surface area (Å²) in [5.41, 5.74) is 2.63. The van der Waals surface area contributed by atoms with Crippen LogP contribution in [0.1, 0.15) is 40.1 Å². The second-order valence-corrected chi connectivity index (χ2v) is 5.86. The number of benzene rings is 2. The summed E-state index contributed by atoms with van der Waals surface area (Å²) in [6, 6.07) is 13.3. The van der Waals surface area contributed by atoms with Gasteiger partial charge in [-0.2, -0.15) is 0 Å². The number of hydrogen-bond donors (Lipinski definition) is 2. The largest absolute Gasteiger partial charge is 0.444 e. The van der Waals surface area contributed by atoms with Crippen molar-refractivity contribution < 1.29 is 19.1 Å². The zero-order valence-electron chi connectivity index (χ0n) is 15.0. The molecule has 2 N–H and O–H groups in total. The molecule has 0 heterocycles. The third-order valence-electron chi connectivity index (χ3n) is 3.74. The number of nitrogens with one attached hydrogen (secondary N) is 2. The van der Waals surface area contributed by atoms with Gasteiger partial charge in [0.2, 0.25) is 6.10 Å². The molecule has 3 amide bonds. The maximum atomic E-state index is 12.6. The standard InChI is InChI=1S/C20H22N2O4/c1-4-21-20(25)22-18(23)17(15-8-6-5-7-9-15)26-19(24)16-11-10-13(2)12-14(16)3/h5-12,17H,4H2,1-3H3,(H2,21,22,23,25)/t17-/m1/s1. The molecule has 0 aliphatic rings. The number of esters is 1. The Labute approximate surface area is 152 Å². The van der Waals surface area contributed by atoms with Gasteiger partial charge in [-0.25, -0.2) is 9.59 Å². The van der Waals surface area contributed by atoms with E-state index < -0.39 is 24.0 Å². The fraction of sp³-hybridized carbons (Fsp3) is 0.250. The predicted octanol–water partition coefficient (Wildman–Crippen LogP) is 3.05. The van der Waals surface area contributed by atoms with Gasteiger partial charge < -0.3 is 10.1 Å². The maximum Gasteiger partial charge on any atom is 0.339 e. The average Bonchev–Trinajstić information content (AvgIpc) is 2.60. The number of urea groups is 1. The van der Waals surface area contributed by atoms with Gasteiger partial charge in [0, 0.05) is 12.1 Å². The van der Waals surface area contributed by atoms with E-state index >= 15 is 0 Å². The Bertz CT molecular complexity index is 803. The first kappa shape index (κ1) is 19.2. The van der Waals surface area contributed by atoms with Crippen molar-refractivity contribution in [3.05, 3.63) is 70.8 Å². The van der Waals surface area contributed by atoms with Crippen LogP contribution in [-0.4, -0.2) is 24.5 Å². The highest BCUT2D eigenvalue weighted by Gasteiger charge is 2.27. The molecule has 0 saturated carbocycles. The highest BCUT2D eigenvalue weighted by Crippen LogP contribution is 2.21. The smallest absolute Gasteiger partial charge is 0.339 e. The third-order valence-corrected chi connectivity index (χ3v) is 3.74. The lowest BCUT2D eigenvalue weighted by atomic mass is 10.1. The lowest BCUT2D eigenvalue weighted by Crippen LogP contribution is -2.42. The normalized spacial score (nSPS) is 11.3. The Morgan fingerprint density at radius 3 is 2.35 bits per heavy atom. The topological polar surface area (TPSA) is 84.5 Å². The second kappa shape index (κ2) is 8.80. The summed E-state index contributed by atoms with van der Waals surface area (Å²) >= 11 is 0. The van der Waals surface area contributed by atoms with E-state index in [1.54, 1.807) is 56.3 Å². The predicted molar refractivity (Wildman–Crippen MR) is 97.7 cm³/mol. The molecule has 0 radical (unpaired) electrons. The fourth-order valence-electron chi connectivity index (χ4n) is 2.50. The molecule has 0 fully saturated rings. The van der Waals surface area contributed by atoms with Gasteiger partial charge in [0.05, 0.1) is 5.56 Å². The van der Waals surface area contributed by atoms with Crippen molar-refractivity contribution in [2.75, 3.05) is 6.54 Å². The third kappa shape index (κ3) is 4.92. The maximum absolute atomic E-state index is 12.6. The van der Waals surface area contributed by atoms with Crippen LogP contribution in [0.2, 0.25) is 0 Å². The Kier molecular flexibility index (Phi) is 6.49. The average molecular weight is 354 g/mol. The molecule has 6 heteroatoms. The Morgan fingerprint density at radius 2 is 1.73 bits per heavy atom. The van der Waals surface area contributed by atoms with Crippen LogP contribution >= 0.6 is 0 Å². The summed E-state index contributed by atoms with van der Waals surface area (Å²) in [7, 11) is 0. The van der Waals surface area contributed by atoms with Gasteiger partial charge in [0.1, 0.15) is 0 Å². The van der Waals surface area contributed by atoms with E-state index in [2.05, 4.69) is 10.6 Å². The molecule has 0 saturated heterocycles. The van der Waals surface area contributed by atoms with Gasteiger partial charge in [-0.1, -0.05) is 48.0 Å². The van der Waals surface area contributed by atoms with Gasteiger partial charge in [0.15, 0.2) is 0 Å². The molecule has 0 unspecified atom stereocenters. The van der Waals surface area contributed by atoms with Crippen molar-refractivity contribution >= 4 is 17.9 Å². The first-order valence-electron chi connectivity index (χ1n) is 8.34. The van der Waals surface area contributed by atoms with Crippen molar-refractivity contribution in [2.45, 2.75) is 26.9 Å². The van der Waals surface area contributed by atoms with E-state index in [9.17, 15) is 14.4 Å². The van der Waals surface area contributed by atoms with E-state index in [-0.39, 0.29) is 0 Å². The van der Waals surface area contributed by atoms with Crippen molar-refractivity contribution in [3.63, 3.8) is 0 Å². The van der Waals surface area contributed by atoms with Crippen LogP contribution < -0.4 is 10.6 Å². The number of aryl methyl sites for hydroxylation is 2. The van der Waals surface area contributed by atoms with E-state index in [4.69, 9.17) is 4.74 Å². The molecule has 1 atom stereocenters. The number of imide groups is 1. The Hall–Kier alpha value is -3.15. The lowest BCUT2D eigenvalue weighted by molar-refractivity contribution is -0.129. The molecule has 0 aromatic heterocycles. The minimum atomic E-state index is -1.23. The van der Waals surface area contributed by atoms with Crippen molar-refractivity contribution in [3.8, 4) is 0 Å². The summed E-state index contributed by atoms with van der Waals surface area (Å²) in [4.78, 5) is 36.7. The van der Waals surface area contributed by atoms with Crippen LogP contribution in [-0.2, 0) is 9.53 Å². The van der Waals surface area contributed by atoms with Crippen LogP contribution in [0.25, 0.3) is 0 Å². The molecule has 6 nitrogen and oxygen atoms in total. The van der Waals surface area contributed by atoms with Gasteiger partial charge in [-0.3, -0.25) is 10.1 Å². The van der Waals surface area contributed by atoms with E-state index in [0.717, 1.165) is 11.1 Å². The number of rotatable bonds is 5. The van der Waals surface area contributed by atoms with E-state index in [0.29, 0.717) is 17.7 Å². The van der Waals surface area contributed by atoms with Crippen LogP contribution in [0.3, 0.4) is 0 Å². The fourth-order valence-corrected chi connectivity index (χ4v) is 2.50. The highest BCUT2D eigenvalue weighted by atomic mass is 16.5. The highest BCUT2D eigenvalue weighted by molar-refractivity contribution is 5.99. The summed E-state index contributed by atoms with van der Waals surface area (Å²) in [6.45, 7) is 5.83. The first-order chi connectivity index (χ1) is 12.4. The van der Waals surface area contributed by atoms with Crippen molar-refractivity contribution in [1.82, 2.24) is 10.6 Å². The summed E-state index contributed by atoms with van der Waals surface area (Å²) < 4.78 is 5.45. The lowest BCUT2D eigenvalue weighted by Gasteiger charge is -2.18. The number of carbonyl (C=O) groups excluding carboxylic acids is 3. The van der Waals surface area contributed by atoms with Gasteiger partial charge >= 0.3 is 12.0 Å². The summed E-state index contributed by atoms with van der Waals surface area (Å²) in [5, 5.41) is 4.67. The van der Waals surface area contributed by atoms with Crippen molar-refractivity contribution in [2.24, 2.45) is 0 Å². The number of amides is 3. The number of carbonyl (C=O) groups is 3. The zero-order valence-corrected chi connectivity index (χ0v) is 15.0. The van der Waals surface area contributed by atoms with Gasteiger partial charge in [-0.05, 0) is 32.4 Å².